The molecule has 3 heterocycles. The molecule has 2 bridgehead atoms. The molecule has 5 rings (SSSR count). The number of methoxy groups -OCH3 is 1. The standard InChI is InChI=1S/C38H49N3O6/c1-7-22-39(24-27-14-12-11-13-15-27)34(43)31-32-35(44)41(30(25-42)26(5)9-3)33(38(32)21-20-37(31,10-4)47-38)36(45)40(23-8-2)28-16-18-29(46-6)19-17-28/h7-8,11-19,26,30-33,42H,1-2,9-10,20-25H2,3-6H3/t26-,30-,31+,32-,33?,37-,38?/m0/s1. The third-order valence-corrected chi connectivity index (χ3v) is 10.8. The Morgan fingerprint density at radius 3 is 2.32 bits per heavy atom. The predicted octanol–water partition coefficient (Wildman–Crippen LogP) is 4.99. The number of amides is 3. The lowest BCUT2D eigenvalue weighted by atomic mass is 9.64. The first-order chi connectivity index (χ1) is 22.7. The summed E-state index contributed by atoms with van der Waals surface area (Å²) in [4.78, 5) is 49.7. The second kappa shape index (κ2) is 14.0. The fourth-order valence-electron chi connectivity index (χ4n) is 8.23. The molecule has 1 N–H and O–H groups in total. The summed E-state index contributed by atoms with van der Waals surface area (Å²) in [7, 11) is 1.58. The number of hydrogen-bond acceptors (Lipinski definition) is 6. The number of ether oxygens (including phenoxy) is 2. The number of aliphatic hydroxyl groups excluding tert-OH is 1. The van der Waals surface area contributed by atoms with Crippen molar-refractivity contribution in [1.29, 1.82) is 0 Å². The average molecular weight is 644 g/mol. The van der Waals surface area contributed by atoms with Gasteiger partial charge in [-0.2, -0.15) is 0 Å². The molecule has 3 aliphatic heterocycles. The van der Waals surface area contributed by atoms with Gasteiger partial charge in [-0.05, 0) is 55.0 Å². The molecular formula is C38H49N3O6. The van der Waals surface area contributed by atoms with E-state index in [9.17, 15) is 14.7 Å². The first kappa shape index (κ1) is 34.4. The van der Waals surface area contributed by atoms with Crippen LogP contribution in [0.4, 0.5) is 5.69 Å². The van der Waals surface area contributed by atoms with E-state index < -0.39 is 35.1 Å². The van der Waals surface area contributed by atoms with Crippen molar-refractivity contribution < 1.29 is 29.0 Å². The molecule has 0 radical (unpaired) electrons. The zero-order valence-corrected chi connectivity index (χ0v) is 28.1. The molecule has 3 amide bonds. The largest absolute Gasteiger partial charge is 0.497 e. The second-order valence-electron chi connectivity index (χ2n) is 13.1. The molecule has 2 aromatic rings. The molecule has 9 nitrogen and oxygen atoms in total. The van der Waals surface area contributed by atoms with E-state index in [-0.39, 0.29) is 36.8 Å². The molecule has 0 aliphatic carbocycles. The summed E-state index contributed by atoms with van der Waals surface area (Å²) in [5.74, 6) is -1.92. The number of carbonyl (C=O) groups excluding carboxylic acids is 3. The molecule has 3 fully saturated rings. The lowest BCUT2D eigenvalue weighted by Crippen LogP contribution is -2.60. The van der Waals surface area contributed by atoms with E-state index in [1.807, 2.05) is 51.1 Å². The SMILES string of the molecule is C=CCN(Cc1ccccc1)C(=O)[C@H]1[C@H]2C(=O)N([C@@H](CO)[C@@H](C)CC)C(C(=O)N(CC=C)c3ccc(OC)cc3)C23CC[C@]1(CC)O3. The molecule has 0 saturated carbocycles. The number of likely N-dealkylation sites (tertiary alicyclic amines) is 1. The summed E-state index contributed by atoms with van der Waals surface area (Å²) < 4.78 is 12.4. The number of anilines is 1. The van der Waals surface area contributed by atoms with Gasteiger partial charge in [0.15, 0.2) is 0 Å². The van der Waals surface area contributed by atoms with E-state index in [0.717, 1.165) is 5.56 Å². The van der Waals surface area contributed by atoms with Gasteiger partial charge in [-0.25, -0.2) is 0 Å². The number of aliphatic hydroxyl groups is 1. The summed E-state index contributed by atoms with van der Waals surface area (Å²) in [6.07, 6.45) is 5.57. The van der Waals surface area contributed by atoms with Crippen LogP contribution in [0.15, 0.2) is 79.9 Å². The number of hydrogen-bond donors (Lipinski definition) is 1. The van der Waals surface area contributed by atoms with Gasteiger partial charge < -0.3 is 29.3 Å². The van der Waals surface area contributed by atoms with Crippen LogP contribution >= 0.6 is 0 Å². The number of fused-ring (bicyclic) bond motifs is 1. The summed E-state index contributed by atoms with van der Waals surface area (Å²) in [6.45, 7) is 14.3. The fourth-order valence-corrected chi connectivity index (χ4v) is 8.23. The second-order valence-corrected chi connectivity index (χ2v) is 13.1. The van der Waals surface area contributed by atoms with Crippen LogP contribution in [0.5, 0.6) is 5.75 Å². The molecule has 3 aliphatic rings. The quantitative estimate of drug-likeness (QED) is 0.275. The van der Waals surface area contributed by atoms with Crippen molar-refractivity contribution in [3.8, 4) is 5.75 Å². The highest BCUT2D eigenvalue weighted by Crippen LogP contribution is 2.65. The number of rotatable bonds is 15. The van der Waals surface area contributed by atoms with E-state index in [2.05, 4.69) is 13.2 Å². The van der Waals surface area contributed by atoms with E-state index in [4.69, 9.17) is 9.47 Å². The maximum Gasteiger partial charge on any atom is 0.253 e. The minimum atomic E-state index is -1.23. The van der Waals surface area contributed by atoms with Crippen LogP contribution in [0.2, 0.25) is 0 Å². The molecule has 7 atom stereocenters. The Bertz CT molecular complexity index is 1460. The average Bonchev–Trinajstić information content (AvgIpc) is 3.71. The lowest BCUT2D eigenvalue weighted by molar-refractivity contribution is -0.154. The van der Waals surface area contributed by atoms with Gasteiger partial charge in [-0.3, -0.25) is 14.4 Å². The summed E-state index contributed by atoms with van der Waals surface area (Å²) in [5.41, 5.74) is -0.537. The normalized spacial score (nSPS) is 27.2. The molecule has 252 valence electrons. The van der Waals surface area contributed by atoms with Gasteiger partial charge >= 0.3 is 0 Å². The van der Waals surface area contributed by atoms with Gasteiger partial charge in [0.1, 0.15) is 17.4 Å². The van der Waals surface area contributed by atoms with Crippen molar-refractivity contribution in [2.45, 2.75) is 76.3 Å². The number of carbonyl (C=O) groups is 3. The lowest BCUT2D eigenvalue weighted by Gasteiger charge is -2.41. The van der Waals surface area contributed by atoms with Crippen LogP contribution < -0.4 is 9.64 Å². The zero-order chi connectivity index (χ0) is 33.9. The Hall–Kier alpha value is -3.95. The minimum Gasteiger partial charge on any atom is -0.497 e. The third kappa shape index (κ3) is 5.78. The van der Waals surface area contributed by atoms with Gasteiger partial charge in [-0.15, -0.1) is 13.2 Å². The molecule has 3 saturated heterocycles. The van der Waals surface area contributed by atoms with Gasteiger partial charge in [0.25, 0.3) is 5.91 Å². The third-order valence-electron chi connectivity index (χ3n) is 10.8. The fraction of sp³-hybridized carbons (Fsp3) is 0.500. The topological polar surface area (TPSA) is 99.6 Å². The van der Waals surface area contributed by atoms with Crippen LogP contribution in [-0.4, -0.2) is 82.7 Å². The van der Waals surface area contributed by atoms with Gasteiger partial charge in [0.05, 0.1) is 37.2 Å². The molecule has 1 spiro atoms. The smallest absolute Gasteiger partial charge is 0.253 e. The van der Waals surface area contributed by atoms with Crippen molar-refractivity contribution in [3.05, 3.63) is 85.5 Å². The van der Waals surface area contributed by atoms with E-state index in [1.54, 1.807) is 58.2 Å². The van der Waals surface area contributed by atoms with Crippen molar-refractivity contribution in [3.63, 3.8) is 0 Å². The number of nitrogens with zero attached hydrogens (tertiary/aromatic N) is 3. The maximum atomic E-state index is 15.0. The Balaban J connectivity index is 1.63. The van der Waals surface area contributed by atoms with Gasteiger partial charge in [-0.1, -0.05) is 69.7 Å². The van der Waals surface area contributed by atoms with Gasteiger partial charge in [0, 0.05) is 25.3 Å². The molecular weight excluding hydrogens is 594 g/mol. The molecule has 9 heteroatoms. The van der Waals surface area contributed by atoms with E-state index in [0.29, 0.717) is 50.2 Å². The van der Waals surface area contributed by atoms with Crippen molar-refractivity contribution in [1.82, 2.24) is 9.80 Å². The highest BCUT2D eigenvalue weighted by molar-refractivity contribution is 6.05. The summed E-state index contributed by atoms with van der Waals surface area (Å²) in [6, 6.07) is 15.3. The molecule has 47 heavy (non-hydrogen) atoms. The summed E-state index contributed by atoms with van der Waals surface area (Å²) in [5, 5.41) is 10.8. The highest BCUT2D eigenvalue weighted by Gasteiger charge is 2.79. The maximum absolute atomic E-state index is 15.0. The Labute approximate surface area is 278 Å². The monoisotopic (exact) mass is 643 g/mol. The molecule has 2 aromatic carbocycles. The molecule has 0 aromatic heterocycles. The van der Waals surface area contributed by atoms with Crippen molar-refractivity contribution >= 4 is 23.4 Å². The minimum absolute atomic E-state index is 0.106. The van der Waals surface area contributed by atoms with Crippen LogP contribution in [0.3, 0.4) is 0 Å². The Kier molecular flexibility index (Phi) is 10.3. The highest BCUT2D eigenvalue weighted by atomic mass is 16.5. The molecule has 2 unspecified atom stereocenters. The van der Waals surface area contributed by atoms with Crippen molar-refractivity contribution in [2.24, 2.45) is 17.8 Å². The van der Waals surface area contributed by atoms with E-state index in [1.165, 1.54) is 0 Å². The zero-order valence-electron chi connectivity index (χ0n) is 28.1. The number of benzene rings is 2. The van der Waals surface area contributed by atoms with Crippen LogP contribution in [0.25, 0.3) is 0 Å². The summed E-state index contributed by atoms with van der Waals surface area (Å²) >= 11 is 0. The van der Waals surface area contributed by atoms with Gasteiger partial charge in [0.2, 0.25) is 11.8 Å². The first-order valence-corrected chi connectivity index (χ1v) is 16.8. The predicted molar refractivity (Wildman–Crippen MR) is 182 cm³/mol. The Morgan fingerprint density at radius 2 is 1.74 bits per heavy atom. The van der Waals surface area contributed by atoms with Crippen LogP contribution in [0, 0.1) is 17.8 Å². The van der Waals surface area contributed by atoms with Crippen LogP contribution in [0.1, 0.15) is 52.0 Å². The van der Waals surface area contributed by atoms with Crippen LogP contribution in [-0.2, 0) is 25.7 Å². The van der Waals surface area contributed by atoms with E-state index >= 15 is 4.79 Å². The first-order valence-electron chi connectivity index (χ1n) is 16.8. The van der Waals surface area contributed by atoms with Crippen molar-refractivity contribution in [2.75, 3.05) is 31.7 Å². The Morgan fingerprint density at radius 1 is 1.06 bits per heavy atom.